The molecular weight excluding hydrogens is 280 g/mol. The minimum Gasteiger partial charge on any atom is -0.450 e. The number of nitrogen functional groups attached to an aromatic ring is 1. The van der Waals surface area contributed by atoms with E-state index in [1.165, 1.54) is 0 Å². The number of rotatable bonds is 4. The lowest BCUT2D eigenvalue weighted by atomic mass is 9.96. The van der Waals surface area contributed by atoms with Gasteiger partial charge in [0.25, 0.3) is 0 Å². The number of anilines is 2. The molecule has 1 unspecified atom stereocenters. The lowest BCUT2D eigenvalue weighted by Gasteiger charge is -2.12. The normalized spacial score (nSPS) is 11.3. The molecule has 1 atom stereocenters. The zero-order valence-electron chi connectivity index (χ0n) is 12.1. The predicted octanol–water partition coefficient (Wildman–Crippen LogP) is 2.89. The van der Waals surface area contributed by atoms with Gasteiger partial charge in [-0.2, -0.15) is 5.26 Å². The Bertz CT molecular complexity index is 695. The minimum atomic E-state index is -0.594. The quantitative estimate of drug-likeness (QED) is 0.903. The van der Waals surface area contributed by atoms with E-state index in [0.29, 0.717) is 11.4 Å². The number of hydrogen-bond donors (Lipinski definition) is 2. The lowest BCUT2D eigenvalue weighted by Crippen LogP contribution is -2.15. The van der Waals surface area contributed by atoms with Gasteiger partial charge in [0.2, 0.25) is 0 Å². The fourth-order valence-corrected chi connectivity index (χ4v) is 1.99. The molecule has 112 valence electrons. The van der Waals surface area contributed by atoms with Crippen LogP contribution in [0.5, 0.6) is 0 Å². The zero-order chi connectivity index (χ0) is 15.9. The Morgan fingerprint density at radius 2 is 2.09 bits per heavy atom. The van der Waals surface area contributed by atoms with Crippen molar-refractivity contribution in [2.75, 3.05) is 17.7 Å². The van der Waals surface area contributed by atoms with Gasteiger partial charge in [0, 0.05) is 0 Å². The smallest absolute Gasteiger partial charge is 0.411 e. The molecule has 0 radical (unpaired) electrons. The van der Waals surface area contributed by atoms with Crippen LogP contribution in [0.3, 0.4) is 0 Å². The third-order valence-electron chi connectivity index (χ3n) is 3.02. The summed E-state index contributed by atoms with van der Waals surface area (Å²) in [6, 6.07) is 14.8. The molecule has 1 heterocycles. The molecule has 1 amide bonds. The van der Waals surface area contributed by atoms with Crippen molar-refractivity contribution in [3.63, 3.8) is 0 Å². The topological polar surface area (TPSA) is 101 Å². The van der Waals surface area contributed by atoms with Crippen LogP contribution in [-0.4, -0.2) is 17.7 Å². The SMILES string of the molecule is CCOC(=O)Nc1ccc(C(C#N)c2ccccc2)nc1N. The van der Waals surface area contributed by atoms with Gasteiger partial charge in [-0.25, -0.2) is 9.78 Å². The standard InChI is InChI=1S/C16H16N4O2/c1-2-22-16(21)20-14-9-8-13(19-15(14)18)12(10-17)11-6-4-3-5-7-11/h3-9,12H,2H2,1H3,(H2,18,19)(H,20,21). The average molecular weight is 296 g/mol. The van der Waals surface area contributed by atoms with Crippen molar-refractivity contribution < 1.29 is 9.53 Å². The summed E-state index contributed by atoms with van der Waals surface area (Å²) in [5.74, 6) is -0.373. The maximum atomic E-state index is 11.4. The minimum absolute atomic E-state index is 0.140. The molecule has 3 N–H and O–H groups in total. The van der Waals surface area contributed by atoms with Crippen LogP contribution in [-0.2, 0) is 4.74 Å². The Balaban J connectivity index is 2.25. The van der Waals surface area contributed by atoms with Crippen LogP contribution in [0.25, 0.3) is 0 Å². The molecule has 0 aliphatic carbocycles. The molecule has 0 spiro atoms. The lowest BCUT2D eigenvalue weighted by molar-refractivity contribution is 0.168. The second-order valence-electron chi connectivity index (χ2n) is 4.49. The molecular formula is C16H16N4O2. The Hall–Kier alpha value is -3.07. The van der Waals surface area contributed by atoms with E-state index in [1.807, 2.05) is 30.3 Å². The summed E-state index contributed by atoms with van der Waals surface area (Å²) in [5.41, 5.74) is 7.56. The first-order valence-corrected chi connectivity index (χ1v) is 6.80. The van der Waals surface area contributed by atoms with E-state index >= 15 is 0 Å². The van der Waals surface area contributed by atoms with Gasteiger partial charge in [-0.1, -0.05) is 30.3 Å². The summed E-state index contributed by atoms with van der Waals surface area (Å²) >= 11 is 0. The van der Waals surface area contributed by atoms with Gasteiger partial charge in [0.05, 0.1) is 24.1 Å². The summed E-state index contributed by atoms with van der Waals surface area (Å²) < 4.78 is 4.78. The molecule has 6 nitrogen and oxygen atoms in total. The van der Waals surface area contributed by atoms with Crippen molar-refractivity contribution in [2.24, 2.45) is 0 Å². The molecule has 2 aromatic rings. The highest BCUT2D eigenvalue weighted by Crippen LogP contribution is 2.25. The summed E-state index contributed by atoms with van der Waals surface area (Å²) in [5, 5.41) is 11.9. The van der Waals surface area contributed by atoms with Crippen LogP contribution in [0, 0.1) is 11.3 Å². The van der Waals surface area contributed by atoms with Crippen LogP contribution in [0.2, 0.25) is 0 Å². The Labute approximate surface area is 128 Å². The number of nitrogens with one attached hydrogen (secondary N) is 1. The molecule has 0 saturated carbocycles. The first-order chi connectivity index (χ1) is 10.7. The van der Waals surface area contributed by atoms with Gasteiger partial charge in [-0.15, -0.1) is 0 Å². The van der Waals surface area contributed by atoms with Gasteiger partial charge in [-0.05, 0) is 24.6 Å². The van der Waals surface area contributed by atoms with Gasteiger partial charge in [-0.3, -0.25) is 5.32 Å². The van der Waals surface area contributed by atoms with Crippen LogP contribution in [0.15, 0.2) is 42.5 Å². The maximum absolute atomic E-state index is 11.4. The van der Waals surface area contributed by atoms with Gasteiger partial charge >= 0.3 is 6.09 Å². The third-order valence-corrected chi connectivity index (χ3v) is 3.02. The van der Waals surface area contributed by atoms with E-state index in [1.54, 1.807) is 19.1 Å². The van der Waals surface area contributed by atoms with Crippen molar-refractivity contribution in [3.8, 4) is 6.07 Å². The number of carbonyl (C=O) groups excluding carboxylic acids is 1. The predicted molar refractivity (Wildman–Crippen MR) is 83.2 cm³/mol. The molecule has 0 aliphatic heterocycles. The number of ether oxygens (including phenoxy) is 1. The van der Waals surface area contributed by atoms with Crippen molar-refractivity contribution >= 4 is 17.6 Å². The van der Waals surface area contributed by atoms with E-state index in [0.717, 1.165) is 5.56 Å². The van der Waals surface area contributed by atoms with Crippen molar-refractivity contribution in [1.29, 1.82) is 5.26 Å². The molecule has 0 fully saturated rings. The fraction of sp³-hybridized carbons (Fsp3) is 0.188. The molecule has 0 saturated heterocycles. The fourth-order valence-electron chi connectivity index (χ4n) is 1.99. The van der Waals surface area contributed by atoms with Crippen molar-refractivity contribution in [3.05, 3.63) is 53.7 Å². The molecule has 22 heavy (non-hydrogen) atoms. The number of amides is 1. The largest absolute Gasteiger partial charge is 0.450 e. The second-order valence-corrected chi connectivity index (χ2v) is 4.49. The highest BCUT2D eigenvalue weighted by atomic mass is 16.5. The van der Waals surface area contributed by atoms with Gasteiger partial charge < -0.3 is 10.5 Å². The average Bonchev–Trinajstić information content (AvgIpc) is 2.52. The summed E-state index contributed by atoms with van der Waals surface area (Å²) in [6.07, 6.45) is -0.594. The van der Waals surface area contributed by atoms with Gasteiger partial charge in [0.15, 0.2) is 0 Å². The van der Waals surface area contributed by atoms with Crippen LogP contribution in [0.4, 0.5) is 16.3 Å². The first kappa shape index (κ1) is 15.3. The summed E-state index contributed by atoms with van der Waals surface area (Å²) in [6.45, 7) is 1.98. The van der Waals surface area contributed by atoms with Crippen LogP contribution in [0.1, 0.15) is 24.1 Å². The second kappa shape index (κ2) is 7.09. The van der Waals surface area contributed by atoms with Crippen molar-refractivity contribution in [1.82, 2.24) is 4.98 Å². The number of nitrogens with zero attached hydrogens (tertiary/aromatic N) is 2. The van der Waals surface area contributed by atoms with Crippen LogP contribution >= 0.6 is 0 Å². The molecule has 2 rings (SSSR count). The molecule has 0 bridgehead atoms. The molecule has 0 aliphatic rings. The highest BCUT2D eigenvalue weighted by Gasteiger charge is 2.16. The maximum Gasteiger partial charge on any atom is 0.411 e. The molecule has 1 aromatic heterocycles. The number of pyridine rings is 1. The van der Waals surface area contributed by atoms with E-state index in [-0.39, 0.29) is 12.4 Å². The third kappa shape index (κ3) is 3.52. The Morgan fingerprint density at radius 1 is 1.36 bits per heavy atom. The Morgan fingerprint density at radius 3 is 2.68 bits per heavy atom. The number of nitriles is 1. The van der Waals surface area contributed by atoms with Gasteiger partial charge in [0.1, 0.15) is 11.7 Å². The highest BCUT2D eigenvalue weighted by molar-refractivity contribution is 5.87. The van der Waals surface area contributed by atoms with E-state index < -0.39 is 12.0 Å². The molecule has 1 aromatic carbocycles. The van der Waals surface area contributed by atoms with Crippen molar-refractivity contribution in [2.45, 2.75) is 12.8 Å². The van der Waals surface area contributed by atoms with E-state index in [9.17, 15) is 10.1 Å². The number of aromatic nitrogens is 1. The van der Waals surface area contributed by atoms with E-state index in [2.05, 4.69) is 16.4 Å². The number of benzene rings is 1. The monoisotopic (exact) mass is 296 g/mol. The number of carbonyl (C=O) groups is 1. The molecule has 6 heteroatoms. The summed E-state index contributed by atoms with van der Waals surface area (Å²) in [4.78, 5) is 15.6. The number of nitrogens with two attached hydrogens (primary N) is 1. The summed E-state index contributed by atoms with van der Waals surface area (Å²) in [7, 11) is 0. The Kier molecular flexibility index (Phi) is 4.94. The zero-order valence-corrected chi connectivity index (χ0v) is 12.1. The number of hydrogen-bond acceptors (Lipinski definition) is 5. The van der Waals surface area contributed by atoms with Crippen LogP contribution < -0.4 is 11.1 Å². The van der Waals surface area contributed by atoms with E-state index in [4.69, 9.17) is 10.5 Å². The first-order valence-electron chi connectivity index (χ1n) is 6.80.